The third-order valence-corrected chi connectivity index (χ3v) is 3.37. The lowest BCUT2D eigenvalue weighted by molar-refractivity contribution is -0.137. The van der Waals surface area contributed by atoms with Crippen molar-refractivity contribution in [3.05, 3.63) is 0 Å². The van der Waals surface area contributed by atoms with Gasteiger partial charge in [-0.25, -0.2) is 0 Å². The van der Waals surface area contributed by atoms with E-state index in [0.717, 1.165) is 19.3 Å². The van der Waals surface area contributed by atoms with Crippen molar-refractivity contribution in [2.45, 2.75) is 64.8 Å². The van der Waals surface area contributed by atoms with Gasteiger partial charge >= 0.3 is 5.97 Å². The first-order valence-electron chi connectivity index (χ1n) is 7.03. The van der Waals surface area contributed by atoms with Crippen LogP contribution in [0.3, 0.4) is 0 Å². The Morgan fingerprint density at radius 2 is 1.89 bits per heavy atom. The molecular weight excluding hydrogens is 244 g/mol. The van der Waals surface area contributed by atoms with Crippen LogP contribution < -0.4 is 11.1 Å². The molecule has 5 heteroatoms. The first-order chi connectivity index (χ1) is 8.80. The van der Waals surface area contributed by atoms with E-state index in [1.807, 2.05) is 13.8 Å². The molecule has 0 aromatic carbocycles. The van der Waals surface area contributed by atoms with Crippen LogP contribution in [0.2, 0.25) is 0 Å². The molecule has 0 saturated carbocycles. The average Bonchev–Trinajstić information content (AvgIpc) is 2.31. The summed E-state index contributed by atoms with van der Waals surface area (Å²) in [4.78, 5) is 22.4. The normalized spacial score (nSPS) is 13.1. The molecule has 0 rings (SSSR count). The smallest absolute Gasteiger partial charge is 0.303 e. The van der Waals surface area contributed by atoms with Gasteiger partial charge in [0.05, 0.1) is 0 Å². The van der Waals surface area contributed by atoms with Crippen molar-refractivity contribution in [1.29, 1.82) is 0 Å². The van der Waals surface area contributed by atoms with Crippen LogP contribution in [-0.4, -0.2) is 29.1 Å². The Kier molecular flexibility index (Phi) is 8.39. The standard InChI is InChI=1S/C14H28N2O3/c1-4-11(8-10-15)5-6-12(17)16-14(2,3)9-7-13(18)19/h11H,4-10,15H2,1-3H3,(H,16,17)(H,18,19). The summed E-state index contributed by atoms with van der Waals surface area (Å²) in [6.07, 6.45) is 3.81. The third kappa shape index (κ3) is 9.47. The molecule has 1 amide bonds. The zero-order valence-corrected chi connectivity index (χ0v) is 12.4. The lowest BCUT2D eigenvalue weighted by Gasteiger charge is -2.26. The van der Waals surface area contributed by atoms with E-state index in [9.17, 15) is 9.59 Å². The molecule has 4 N–H and O–H groups in total. The zero-order chi connectivity index (χ0) is 14.9. The van der Waals surface area contributed by atoms with Gasteiger partial charge in [-0.2, -0.15) is 0 Å². The number of carboxylic acids is 1. The van der Waals surface area contributed by atoms with Gasteiger partial charge in [0.25, 0.3) is 0 Å². The fourth-order valence-electron chi connectivity index (χ4n) is 2.05. The average molecular weight is 272 g/mol. The monoisotopic (exact) mass is 272 g/mol. The van der Waals surface area contributed by atoms with E-state index in [-0.39, 0.29) is 12.3 Å². The number of hydrogen-bond donors (Lipinski definition) is 3. The van der Waals surface area contributed by atoms with Crippen molar-refractivity contribution in [1.82, 2.24) is 5.32 Å². The Bertz CT molecular complexity index is 290. The minimum absolute atomic E-state index is 0.00846. The van der Waals surface area contributed by atoms with Crippen molar-refractivity contribution >= 4 is 11.9 Å². The molecule has 0 spiro atoms. The maximum Gasteiger partial charge on any atom is 0.303 e. The van der Waals surface area contributed by atoms with E-state index in [4.69, 9.17) is 10.8 Å². The maximum absolute atomic E-state index is 11.8. The summed E-state index contributed by atoms with van der Waals surface area (Å²) in [5.74, 6) is -0.347. The van der Waals surface area contributed by atoms with Gasteiger partial charge in [-0.1, -0.05) is 13.3 Å². The summed E-state index contributed by atoms with van der Waals surface area (Å²) >= 11 is 0. The lowest BCUT2D eigenvalue weighted by atomic mass is 9.95. The molecule has 112 valence electrons. The van der Waals surface area contributed by atoms with Gasteiger partial charge < -0.3 is 16.2 Å². The number of carbonyl (C=O) groups is 2. The van der Waals surface area contributed by atoms with Gasteiger partial charge in [0.2, 0.25) is 5.91 Å². The molecule has 0 aromatic heterocycles. The topological polar surface area (TPSA) is 92.4 Å². The van der Waals surface area contributed by atoms with Crippen molar-refractivity contribution in [2.24, 2.45) is 11.7 Å². The van der Waals surface area contributed by atoms with Crippen molar-refractivity contribution in [2.75, 3.05) is 6.54 Å². The number of carboxylic acid groups (broad SMARTS) is 1. The van der Waals surface area contributed by atoms with Crippen LogP contribution in [0.5, 0.6) is 0 Å². The first-order valence-corrected chi connectivity index (χ1v) is 7.03. The molecule has 0 saturated heterocycles. The van der Waals surface area contributed by atoms with Gasteiger partial charge in [-0.15, -0.1) is 0 Å². The number of aliphatic carboxylic acids is 1. The van der Waals surface area contributed by atoms with Gasteiger partial charge in [-0.3, -0.25) is 9.59 Å². The second-order valence-corrected chi connectivity index (χ2v) is 5.72. The van der Waals surface area contributed by atoms with E-state index in [1.54, 1.807) is 0 Å². The highest BCUT2D eigenvalue weighted by atomic mass is 16.4. The van der Waals surface area contributed by atoms with Crippen molar-refractivity contribution in [3.8, 4) is 0 Å². The molecule has 0 aliphatic rings. The van der Waals surface area contributed by atoms with E-state index in [0.29, 0.717) is 25.3 Å². The summed E-state index contributed by atoms with van der Waals surface area (Å²) in [7, 11) is 0. The molecular formula is C14H28N2O3. The molecule has 5 nitrogen and oxygen atoms in total. The van der Waals surface area contributed by atoms with Crippen LogP contribution in [0.1, 0.15) is 59.3 Å². The van der Waals surface area contributed by atoms with Gasteiger partial charge in [0.15, 0.2) is 0 Å². The molecule has 0 aromatic rings. The van der Waals surface area contributed by atoms with Gasteiger partial charge in [-0.05, 0) is 45.6 Å². The maximum atomic E-state index is 11.8. The van der Waals surface area contributed by atoms with Gasteiger partial charge in [0, 0.05) is 18.4 Å². The fraction of sp³-hybridized carbons (Fsp3) is 0.857. The number of nitrogens with two attached hydrogens (primary N) is 1. The van der Waals surface area contributed by atoms with E-state index in [2.05, 4.69) is 12.2 Å². The SMILES string of the molecule is CCC(CCN)CCC(=O)NC(C)(C)CCC(=O)O. The fourth-order valence-corrected chi connectivity index (χ4v) is 2.05. The van der Waals surface area contributed by atoms with Crippen LogP contribution in [0.15, 0.2) is 0 Å². The Balaban J connectivity index is 4.04. The summed E-state index contributed by atoms with van der Waals surface area (Å²) in [5, 5.41) is 11.6. The highest BCUT2D eigenvalue weighted by molar-refractivity contribution is 5.76. The quantitative estimate of drug-likeness (QED) is 0.566. The van der Waals surface area contributed by atoms with Crippen LogP contribution in [-0.2, 0) is 9.59 Å². The van der Waals surface area contributed by atoms with E-state index < -0.39 is 11.5 Å². The molecule has 0 heterocycles. The van der Waals surface area contributed by atoms with Crippen LogP contribution in [0.4, 0.5) is 0 Å². The van der Waals surface area contributed by atoms with Crippen molar-refractivity contribution in [3.63, 3.8) is 0 Å². The minimum Gasteiger partial charge on any atom is -0.481 e. The van der Waals surface area contributed by atoms with Crippen molar-refractivity contribution < 1.29 is 14.7 Å². The molecule has 0 bridgehead atoms. The zero-order valence-electron chi connectivity index (χ0n) is 12.4. The second kappa shape index (κ2) is 8.91. The summed E-state index contributed by atoms with van der Waals surface area (Å²) in [5.41, 5.74) is 5.06. The predicted molar refractivity (Wildman–Crippen MR) is 75.8 cm³/mol. The molecule has 1 unspecified atom stereocenters. The number of hydrogen-bond acceptors (Lipinski definition) is 3. The second-order valence-electron chi connectivity index (χ2n) is 5.72. The van der Waals surface area contributed by atoms with Crippen LogP contribution >= 0.6 is 0 Å². The summed E-state index contributed by atoms with van der Waals surface area (Å²) < 4.78 is 0. The number of rotatable bonds is 10. The number of carbonyl (C=O) groups excluding carboxylic acids is 1. The molecule has 19 heavy (non-hydrogen) atoms. The van der Waals surface area contributed by atoms with Gasteiger partial charge in [0.1, 0.15) is 0 Å². The summed E-state index contributed by atoms with van der Waals surface area (Å²) in [6.45, 7) is 6.47. The molecule has 0 radical (unpaired) electrons. The minimum atomic E-state index is -0.837. The van der Waals surface area contributed by atoms with E-state index >= 15 is 0 Å². The molecule has 1 atom stereocenters. The highest BCUT2D eigenvalue weighted by Gasteiger charge is 2.21. The Labute approximate surface area is 115 Å². The van der Waals surface area contributed by atoms with Crippen LogP contribution in [0, 0.1) is 5.92 Å². The molecule has 0 aliphatic heterocycles. The Morgan fingerprint density at radius 1 is 1.26 bits per heavy atom. The largest absolute Gasteiger partial charge is 0.481 e. The summed E-state index contributed by atoms with van der Waals surface area (Å²) in [6, 6.07) is 0. The lowest BCUT2D eigenvalue weighted by Crippen LogP contribution is -2.43. The Morgan fingerprint density at radius 3 is 2.37 bits per heavy atom. The number of nitrogens with one attached hydrogen (secondary N) is 1. The first kappa shape index (κ1) is 17.9. The molecule has 0 aliphatic carbocycles. The predicted octanol–water partition coefficient (Wildman–Crippen LogP) is 1.90. The van der Waals surface area contributed by atoms with E-state index in [1.165, 1.54) is 0 Å². The molecule has 0 fully saturated rings. The van der Waals surface area contributed by atoms with Crippen LogP contribution in [0.25, 0.3) is 0 Å². The Hall–Kier alpha value is -1.10. The third-order valence-electron chi connectivity index (χ3n) is 3.37. The highest BCUT2D eigenvalue weighted by Crippen LogP contribution is 2.16. The number of amides is 1.